The Hall–Kier alpha value is -3.06. The second-order valence-corrected chi connectivity index (χ2v) is 8.44. The van der Waals surface area contributed by atoms with Gasteiger partial charge in [-0.3, -0.25) is 9.97 Å². The summed E-state index contributed by atoms with van der Waals surface area (Å²) in [5, 5.41) is 1.78. The van der Waals surface area contributed by atoms with Crippen LogP contribution in [0, 0.1) is 0 Å². The number of methoxy groups -OCH3 is 1. The van der Waals surface area contributed by atoms with E-state index in [0.717, 1.165) is 33.4 Å². The molecule has 0 radical (unpaired) electrons. The number of carbonyl (C=O) groups excluding carboxylic acids is 1. The van der Waals surface area contributed by atoms with Crippen LogP contribution in [-0.4, -0.2) is 34.1 Å². The minimum absolute atomic E-state index is 0.0437. The second kappa shape index (κ2) is 7.32. The van der Waals surface area contributed by atoms with E-state index in [1.54, 1.807) is 25.6 Å². The highest BCUT2D eigenvalue weighted by atomic mass is 16.5. The molecule has 2 atom stereocenters. The monoisotopic (exact) mass is 406 g/mol. The second-order valence-electron chi connectivity index (χ2n) is 8.44. The van der Waals surface area contributed by atoms with Crippen LogP contribution in [0.25, 0.3) is 10.8 Å². The molecule has 4 rings (SSSR count). The number of esters is 1. The average Bonchev–Trinajstić information content (AvgIpc) is 2.70. The summed E-state index contributed by atoms with van der Waals surface area (Å²) in [5.74, 6) is 0.250. The standard InChI is InChI=1S/C23H26N4O3/c1-12-13(2)30-22(28)16-7-6-14(27-20(12)16)8-15-9-17-18(10-25-15)21(29-5)26-11-19(17)23(3,4)24/h6-7,9-13H,8,24H2,1-5H3/t12-,13-/m1/s1. The van der Waals surface area contributed by atoms with Crippen molar-refractivity contribution in [3.05, 3.63) is 58.8 Å². The first kappa shape index (κ1) is 20.2. The molecule has 0 spiro atoms. The van der Waals surface area contributed by atoms with Gasteiger partial charge in [-0.05, 0) is 49.9 Å². The maximum atomic E-state index is 12.1. The number of carbonyl (C=O) groups is 1. The summed E-state index contributed by atoms with van der Waals surface area (Å²) in [6, 6.07) is 5.67. The van der Waals surface area contributed by atoms with Crippen LogP contribution in [0.5, 0.6) is 5.88 Å². The van der Waals surface area contributed by atoms with Crippen LogP contribution < -0.4 is 10.5 Å². The minimum Gasteiger partial charge on any atom is -0.481 e. The zero-order valence-corrected chi connectivity index (χ0v) is 17.9. The molecule has 0 aliphatic carbocycles. The van der Waals surface area contributed by atoms with Crippen molar-refractivity contribution >= 4 is 16.7 Å². The Morgan fingerprint density at radius 1 is 1.13 bits per heavy atom. The van der Waals surface area contributed by atoms with Gasteiger partial charge in [-0.25, -0.2) is 9.78 Å². The molecule has 7 heteroatoms. The zero-order chi connectivity index (χ0) is 21.6. The fraction of sp³-hybridized carbons (Fsp3) is 0.391. The minimum atomic E-state index is -0.563. The number of fused-ring (bicyclic) bond motifs is 2. The molecule has 0 saturated carbocycles. The van der Waals surface area contributed by atoms with Gasteiger partial charge in [0.25, 0.3) is 0 Å². The van der Waals surface area contributed by atoms with Crippen LogP contribution in [0.15, 0.2) is 30.6 Å². The van der Waals surface area contributed by atoms with Gasteiger partial charge in [-0.1, -0.05) is 6.92 Å². The fourth-order valence-corrected chi connectivity index (χ4v) is 3.80. The third kappa shape index (κ3) is 3.50. The molecule has 30 heavy (non-hydrogen) atoms. The van der Waals surface area contributed by atoms with Gasteiger partial charge in [-0.15, -0.1) is 0 Å². The van der Waals surface area contributed by atoms with E-state index in [0.29, 0.717) is 17.9 Å². The molecule has 0 unspecified atom stereocenters. The van der Waals surface area contributed by atoms with Gasteiger partial charge in [0.1, 0.15) is 6.10 Å². The first-order valence-electron chi connectivity index (χ1n) is 10.0. The quantitative estimate of drug-likeness (QED) is 0.662. The molecular formula is C23H26N4O3. The van der Waals surface area contributed by atoms with E-state index in [2.05, 4.69) is 9.97 Å². The number of hydrogen-bond acceptors (Lipinski definition) is 7. The molecular weight excluding hydrogens is 380 g/mol. The number of nitrogens with two attached hydrogens (primary N) is 1. The Labute approximate surface area is 175 Å². The van der Waals surface area contributed by atoms with Crippen LogP contribution in [0.4, 0.5) is 0 Å². The number of pyridine rings is 3. The Morgan fingerprint density at radius 2 is 1.90 bits per heavy atom. The molecule has 0 amide bonds. The molecule has 0 saturated heterocycles. The number of nitrogens with zero attached hydrogens (tertiary/aromatic N) is 3. The number of rotatable bonds is 4. The molecule has 7 nitrogen and oxygen atoms in total. The van der Waals surface area contributed by atoms with Crippen molar-refractivity contribution in [3.8, 4) is 5.88 Å². The van der Waals surface area contributed by atoms with E-state index in [-0.39, 0.29) is 18.0 Å². The van der Waals surface area contributed by atoms with E-state index in [1.165, 1.54) is 0 Å². The summed E-state index contributed by atoms with van der Waals surface area (Å²) in [5.41, 5.74) is 9.77. The molecule has 156 valence electrons. The summed E-state index contributed by atoms with van der Waals surface area (Å²) in [7, 11) is 1.59. The molecule has 1 aliphatic heterocycles. The molecule has 1 aliphatic rings. The molecule has 3 aromatic rings. The van der Waals surface area contributed by atoms with Crippen LogP contribution in [0.2, 0.25) is 0 Å². The fourth-order valence-electron chi connectivity index (χ4n) is 3.80. The number of hydrogen-bond donors (Lipinski definition) is 1. The number of ether oxygens (including phenoxy) is 2. The largest absolute Gasteiger partial charge is 0.481 e. The predicted molar refractivity (Wildman–Crippen MR) is 114 cm³/mol. The summed E-state index contributed by atoms with van der Waals surface area (Å²) in [6.45, 7) is 7.81. The van der Waals surface area contributed by atoms with Crippen LogP contribution >= 0.6 is 0 Å². The lowest BCUT2D eigenvalue weighted by Crippen LogP contribution is -2.29. The van der Waals surface area contributed by atoms with Crippen molar-refractivity contribution in [1.29, 1.82) is 0 Å². The van der Waals surface area contributed by atoms with Gasteiger partial charge in [0.15, 0.2) is 0 Å². The van der Waals surface area contributed by atoms with Gasteiger partial charge >= 0.3 is 5.97 Å². The van der Waals surface area contributed by atoms with Gasteiger partial charge < -0.3 is 15.2 Å². The Morgan fingerprint density at radius 3 is 2.60 bits per heavy atom. The molecule has 4 heterocycles. The van der Waals surface area contributed by atoms with Crippen molar-refractivity contribution in [2.45, 2.75) is 51.7 Å². The van der Waals surface area contributed by atoms with Gasteiger partial charge in [0.05, 0.1) is 23.8 Å². The van der Waals surface area contributed by atoms with Crippen molar-refractivity contribution in [2.75, 3.05) is 7.11 Å². The van der Waals surface area contributed by atoms with Crippen molar-refractivity contribution in [1.82, 2.24) is 15.0 Å². The van der Waals surface area contributed by atoms with Gasteiger partial charge in [-0.2, -0.15) is 0 Å². The Kier molecular flexibility index (Phi) is 4.94. The maximum Gasteiger partial charge on any atom is 0.340 e. The maximum absolute atomic E-state index is 12.1. The average molecular weight is 406 g/mol. The first-order chi connectivity index (χ1) is 14.2. The predicted octanol–water partition coefficient (Wildman–Crippen LogP) is 3.48. The summed E-state index contributed by atoms with van der Waals surface area (Å²) >= 11 is 0. The SMILES string of the molecule is COc1ncc(C(C)(C)N)c2cc(Cc3ccc4c(n3)[C@H](C)[C@@H](C)OC4=O)ncc12. The molecule has 2 N–H and O–H groups in total. The van der Waals surface area contributed by atoms with Crippen molar-refractivity contribution in [3.63, 3.8) is 0 Å². The highest BCUT2D eigenvalue weighted by Crippen LogP contribution is 2.32. The molecule has 0 fully saturated rings. The lowest BCUT2D eigenvalue weighted by atomic mass is 9.92. The Bertz CT molecular complexity index is 1140. The van der Waals surface area contributed by atoms with Crippen molar-refractivity contribution in [2.24, 2.45) is 5.73 Å². The lowest BCUT2D eigenvalue weighted by Gasteiger charge is -2.27. The van der Waals surface area contributed by atoms with Gasteiger partial charge in [0.2, 0.25) is 5.88 Å². The third-order valence-electron chi connectivity index (χ3n) is 5.67. The normalized spacial score (nSPS) is 18.8. The topological polar surface area (TPSA) is 100 Å². The van der Waals surface area contributed by atoms with Crippen LogP contribution in [0.1, 0.15) is 66.6 Å². The van der Waals surface area contributed by atoms with E-state index in [1.807, 2.05) is 39.8 Å². The highest BCUT2D eigenvalue weighted by Gasteiger charge is 2.31. The number of aromatic nitrogens is 3. The molecule has 3 aromatic heterocycles. The molecule has 0 aromatic carbocycles. The summed E-state index contributed by atoms with van der Waals surface area (Å²) < 4.78 is 10.8. The highest BCUT2D eigenvalue weighted by molar-refractivity contribution is 5.92. The molecule has 0 bridgehead atoms. The van der Waals surface area contributed by atoms with E-state index in [4.69, 9.17) is 20.2 Å². The van der Waals surface area contributed by atoms with E-state index < -0.39 is 5.54 Å². The number of cyclic esters (lactones) is 1. The summed E-state index contributed by atoms with van der Waals surface area (Å²) in [4.78, 5) is 25.9. The first-order valence-corrected chi connectivity index (χ1v) is 10.0. The van der Waals surface area contributed by atoms with E-state index >= 15 is 0 Å². The smallest absolute Gasteiger partial charge is 0.340 e. The van der Waals surface area contributed by atoms with Crippen molar-refractivity contribution < 1.29 is 14.3 Å². The third-order valence-corrected chi connectivity index (χ3v) is 5.67. The van der Waals surface area contributed by atoms with Crippen LogP contribution in [0.3, 0.4) is 0 Å². The zero-order valence-electron chi connectivity index (χ0n) is 17.9. The summed E-state index contributed by atoms with van der Waals surface area (Å²) in [6.07, 6.45) is 3.87. The Balaban J connectivity index is 1.76. The van der Waals surface area contributed by atoms with Crippen LogP contribution in [-0.2, 0) is 16.7 Å². The lowest BCUT2D eigenvalue weighted by molar-refractivity contribution is 0.0234. The van der Waals surface area contributed by atoms with E-state index in [9.17, 15) is 4.79 Å². The van der Waals surface area contributed by atoms with Gasteiger partial charge in [0, 0.05) is 41.7 Å².